The minimum atomic E-state index is -1.34. The SMILES string of the molecule is CC(=O)O[C@H]1C[C@@H]2[C@]3(CC[C@]4(C)C5C(C)C[C@H](O)O[C@H]5C[C@@]24C)C[C@@]32CC[C@H](O[C@@H]3OC[C@@H](O)[C@H](O)[C@H]3O)C(C)(C)C12. The van der Waals surface area contributed by atoms with Gasteiger partial charge in [0.15, 0.2) is 12.6 Å². The highest BCUT2D eigenvalue weighted by Gasteiger charge is 2.85. The van der Waals surface area contributed by atoms with E-state index in [1.54, 1.807) is 0 Å². The van der Waals surface area contributed by atoms with Gasteiger partial charge in [-0.1, -0.05) is 34.6 Å². The Labute approximate surface area is 249 Å². The van der Waals surface area contributed by atoms with Crippen LogP contribution in [0.3, 0.4) is 0 Å². The molecule has 7 fully saturated rings. The second-order valence-corrected chi connectivity index (χ2v) is 16.5. The lowest BCUT2D eigenvalue weighted by atomic mass is 9.41. The fraction of sp³-hybridized carbons (Fsp3) is 0.970. The van der Waals surface area contributed by atoms with E-state index < -0.39 is 30.9 Å². The molecule has 0 aromatic rings. The summed E-state index contributed by atoms with van der Waals surface area (Å²) >= 11 is 0. The van der Waals surface area contributed by atoms with Gasteiger partial charge in [-0.05, 0) is 89.8 Å². The van der Waals surface area contributed by atoms with Crippen LogP contribution in [-0.2, 0) is 23.7 Å². The number of aliphatic hydroxyl groups is 4. The van der Waals surface area contributed by atoms with Crippen molar-refractivity contribution < 1.29 is 44.2 Å². The molecule has 16 atom stereocenters. The molecule has 9 nitrogen and oxygen atoms in total. The van der Waals surface area contributed by atoms with Crippen LogP contribution in [0.15, 0.2) is 0 Å². The van der Waals surface area contributed by atoms with Crippen molar-refractivity contribution in [2.75, 3.05) is 6.61 Å². The molecule has 0 amide bonds. The first-order chi connectivity index (χ1) is 19.6. The van der Waals surface area contributed by atoms with Crippen molar-refractivity contribution in [2.24, 2.45) is 50.7 Å². The fourth-order valence-corrected chi connectivity index (χ4v) is 12.9. The summed E-state index contributed by atoms with van der Waals surface area (Å²) in [6.45, 7) is 13.1. The average molecular weight is 593 g/mol. The molecule has 4 N–H and O–H groups in total. The number of hydrogen-bond acceptors (Lipinski definition) is 9. The third kappa shape index (κ3) is 3.71. The summed E-state index contributed by atoms with van der Waals surface area (Å²) in [7, 11) is 0. The van der Waals surface area contributed by atoms with Crippen molar-refractivity contribution in [3.63, 3.8) is 0 Å². The van der Waals surface area contributed by atoms with E-state index in [1.165, 1.54) is 13.3 Å². The van der Waals surface area contributed by atoms with E-state index in [4.69, 9.17) is 18.9 Å². The number of aliphatic hydroxyl groups excluding tert-OH is 4. The van der Waals surface area contributed by atoms with Crippen LogP contribution in [0.4, 0.5) is 0 Å². The first kappa shape index (κ1) is 29.9. The number of hydrogen-bond donors (Lipinski definition) is 4. The maximum atomic E-state index is 12.6. The van der Waals surface area contributed by atoms with E-state index in [0.717, 1.165) is 38.5 Å². The second-order valence-electron chi connectivity index (χ2n) is 16.5. The summed E-state index contributed by atoms with van der Waals surface area (Å²) < 4.78 is 24.6. The zero-order valence-electron chi connectivity index (χ0n) is 26.1. The summed E-state index contributed by atoms with van der Waals surface area (Å²) in [4.78, 5) is 12.6. The molecule has 238 valence electrons. The molecule has 42 heavy (non-hydrogen) atoms. The third-order valence-electron chi connectivity index (χ3n) is 14.6. The van der Waals surface area contributed by atoms with Crippen LogP contribution in [-0.4, -0.2) is 82.2 Å². The zero-order chi connectivity index (χ0) is 30.2. The highest BCUT2D eigenvalue weighted by molar-refractivity contribution is 5.66. The predicted molar refractivity (Wildman–Crippen MR) is 150 cm³/mol. The third-order valence-corrected chi connectivity index (χ3v) is 14.6. The predicted octanol–water partition coefficient (Wildman–Crippen LogP) is 3.14. The average Bonchev–Trinajstić information content (AvgIpc) is 3.47. The molecule has 0 radical (unpaired) electrons. The Morgan fingerprint density at radius 3 is 2.38 bits per heavy atom. The molecule has 2 aliphatic heterocycles. The minimum absolute atomic E-state index is 0.0142. The number of carbonyl (C=O) groups excluding carboxylic acids is 1. The molecule has 0 aromatic heterocycles. The van der Waals surface area contributed by atoms with E-state index in [2.05, 4.69) is 34.6 Å². The van der Waals surface area contributed by atoms with Gasteiger partial charge >= 0.3 is 5.97 Å². The Kier molecular flexibility index (Phi) is 6.66. The lowest BCUT2D eigenvalue weighted by molar-refractivity contribution is -0.307. The number of fused-ring (bicyclic) bond motifs is 4. The Bertz CT molecular complexity index is 1110. The molecular formula is C33H52O9. The Balaban J connectivity index is 1.22. The van der Waals surface area contributed by atoms with Crippen LogP contribution < -0.4 is 0 Å². The Hall–Kier alpha value is -0.810. The minimum Gasteiger partial charge on any atom is -0.462 e. The van der Waals surface area contributed by atoms with E-state index in [0.29, 0.717) is 24.2 Å². The number of carbonyl (C=O) groups is 1. The summed E-state index contributed by atoms with van der Waals surface area (Å²) in [5.74, 6) is 1.05. The maximum absolute atomic E-state index is 12.6. The van der Waals surface area contributed by atoms with Crippen molar-refractivity contribution >= 4 is 5.97 Å². The number of esters is 1. The van der Waals surface area contributed by atoms with Crippen LogP contribution in [0.1, 0.15) is 92.9 Å². The van der Waals surface area contributed by atoms with Gasteiger partial charge in [-0.25, -0.2) is 0 Å². The Morgan fingerprint density at radius 1 is 0.929 bits per heavy atom. The molecule has 0 bridgehead atoms. The highest BCUT2D eigenvalue weighted by Crippen LogP contribution is 2.89. The second kappa shape index (κ2) is 9.36. The molecule has 2 heterocycles. The standard InChI is InChI=1S/C33H52O9/c1-16-11-23(36)41-20-13-31(6)21-12-19(40-17(2)34)27-29(3,4)22(42-28-26(38)25(37)18(35)14-39-28)7-8-33(27)15-32(21,33)10-9-30(31,5)24(16)20/h16,18-28,35-38H,7-15H2,1-6H3/t16?,18-,19+,20+,21+,22+,23-,24?,25+,26-,27?,28+,30-,31+,32+,33-/m1/s1. The first-order valence-electron chi connectivity index (χ1n) is 16.4. The van der Waals surface area contributed by atoms with Crippen LogP contribution in [0.25, 0.3) is 0 Å². The molecule has 2 spiro atoms. The smallest absolute Gasteiger partial charge is 0.302 e. The summed E-state index contributed by atoms with van der Waals surface area (Å²) in [5.41, 5.74) is -0.0446. The van der Waals surface area contributed by atoms with Crippen molar-refractivity contribution in [3.8, 4) is 0 Å². The van der Waals surface area contributed by atoms with Crippen LogP contribution >= 0.6 is 0 Å². The fourth-order valence-electron chi connectivity index (χ4n) is 12.9. The van der Waals surface area contributed by atoms with Gasteiger partial charge in [0.25, 0.3) is 0 Å². The molecule has 2 saturated heterocycles. The normalized spacial score (nSPS) is 59.4. The molecule has 5 aliphatic carbocycles. The topological polar surface area (TPSA) is 135 Å². The maximum Gasteiger partial charge on any atom is 0.302 e. The summed E-state index contributed by atoms with van der Waals surface area (Å²) in [6.07, 6.45) is 1.69. The van der Waals surface area contributed by atoms with Crippen molar-refractivity contribution in [1.82, 2.24) is 0 Å². The number of ether oxygens (including phenoxy) is 4. The van der Waals surface area contributed by atoms with Gasteiger partial charge in [-0.15, -0.1) is 0 Å². The van der Waals surface area contributed by atoms with E-state index in [9.17, 15) is 25.2 Å². The van der Waals surface area contributed by atoms with Gasteiger partial charge in [0.1, 0.15) is 24.4 Å². The number of rotatable bonds is 3. The van der Waals surface area contributed by atoms with Gasteiger partial charge in [-0.2, -0.15) is 0 Å². The van der Waals surface area contributed by atoms with Gasteiger partial charge < -0.3 is 39.4 Å². The molecule has 7 aliphatic rings. The first-order valence-corrected chi connectivity index (χ1v) is 16.4. The Morgan fingerprint density at radius 2 is 1.67 bits per heavy atom. The van der Waals surface area contributed by atoms with E-state index >= 15 is 0 Å². The van der Waals surface area contributed by atoms with Crippen LogP contribution in [0.2, 0.25) is 0 Å². The molecule has 5 saturated carbocycles. The van der Waals surface area contributed by atoms with E-state index in [1.807, 2.05) is 0 Å². The highest BCUT2D eigenvalue weighted by atomic mass is 16.7. The monoisotopic (exact) mass is 592 g/mol. The molecule has 3 unspecified atom stereocenters. The van der Waals surface area contributed by atoms with Gasteiger partial charge in [-0.3, -0.25) is 4.79 Å². The van der Waals surface area contributed by atoms with Crippen molar-refractivity contribution in [3.05, 3.63) is 0 Å². The van der Waals surface area contributed by atoms with Crippen molar-refractivity contribution in [1.29, 1.82) is 0 Å². The summed E-state index contributed by atoms with van der Waals surface area (Å²) in [6, 6.07) is 0. The van der Waals surface area contributed by atoms with Crippen LogP contribution in [0.5, 0.6) is 0 Å². The van der Waals surface area contributed by atoms with Gasteiger partial charge in [0.2, 0.25) is 0 Å². The van der Waals surface area contributed by atoms with Gasteiger partial charge in [0, 0.05) is 19.3 Å². The molecular weight excluding hydrogens is 540 g/mol. The van der Waals surface area contributed by atoms with E-state index in [-0.39, 0.29) is 63.9 Å². The van der Waals surface area contributed by atoms with Crippen LogP contribution in [0, 0.1) is 50.7 Å². The zero-order valence-corrected chi connectivity index (χ0v) is 26.1. The quantitative estimate of drug-likeness (QED) is 0.288. The van der Waals surface area contributed by atoms with Crippen molar-refractivity contribution in [2.45, 2.75) is 142 Å². The van der Waals surface area contributed by atoms with Gasteiger partial charge in [0.05, 0.1) is 18.8 Å². The lowest BCUT2D eigenvalue weighted by Crippen LogP contribution is -2.63. The molecule has 0 aromatic carbocycles. The molecule has 9 heteroatoms. The lowest BCUT2D eigenvalue weighted by Gasteiger charge is -2.64. The molecule has 7 rings (SSSR count). The summed E-state index contributed by atoms with van der Waals surface area (Å²) in [5, 5.41) is 41.4. The largest absolute Gasteiger partial charge is 0.462 e.